The van der Waals surface area contributed by atoms with Gasteiger partial charge < -0.3 is 10.2 Å². The van der Waals surface area contributed by atoms with Crippen LogP contribution in [0, 0.1) is 0 Å². The number of imidazole rings is 1. The predicted molar refractivity (Wildman–Crippen MR) is 87.4 cm³/mol. The van der Waals surface area contributed by atoms with Crippen molar-refractivity contribution in [1.29, 1.82) is 0 Å². The van der Waals surface area contributed by atoms with Crippen LogP contribution in [0.25, 0.3) is 5.65 Å². The van der Waals surface area contributed by atoms with Gasteiger partial charge in [0.15, 0.2) is 11.5 Å². The summed E-state index contributed by atoms with van der Waals surface area (Å²) in [5.74, 6) is 0.727. The maximum atomic E-state index is 13.9. The van der Waals surface area contributed by atoms with Crippen molar-refractivity contribution >= 4 is 11.5 Å². The molecule has 1 fully saturated rings. The van der Waals surface area contributed by atoms with Gasteiger partial charge in [0.05, 0.1) is 24.6 Å². The second-order valence-electron chi connectivity index (χ2n) is 5.91. The van der Waals surface area contributed by atoms with Gasteiger partial charge in [-0.05, 0) is 12.1 Å². The number of nitrogens with zero attached hydrogens (tertiary/aromatic N) is 6. The summed E-state index contributed by atoms with van der Waals surface area (Å²) in [6.07, 6.45) is 8.47. The number of alkyl halides is 1. The molecule has 7 nitrogen and oxygen atoms in total. The van der Waals surface area contributed by atoms with Gasteiger partial charge in [-0.2, -0.15) is 5.10 Å². The lowest BCUT2D eigenvalue weighted by Crippen LogP contribution is -2.38. The summed E-state index contributed by atoms with van der Waals surface area (Å²) in [4.78, 5) is 10.4. The molecule has 0 radical (unpaired) electrons. The highest BCUT2D eigenvalue weighted by molar-refractivity contribution is 5.40. The van der Waals surface area contributed by atoms with Crippen LogP contribution < -0.4 is 10.2 Å². The van der Waals surface area contributed by atoms with E-state index >= 15 is 0 Å². The normalized spacial score (nSPS) is 20.8. The molecule has 0 aliphatic carbocycles. The topological polar surface area (TPSA) is 71.2 Å². The molecule has 24 heavy (non-hydrogen) atoms. The summed E-state index contributed by atoms with van der Waals surface area (Å²) in [5, 5.41) is 11.4. The SMILES string of the molecule is F[C@H]1C[C@@H](CNCc2cnc3cnccn23)N(c2cccnn2)C1. The van der Waals surface area contributed by atoms with Crippen LogP contribution >= 0.6 is 0 Å². The minimum atomic E-state index is -0.833. The van der Waals surface area contributed by atoms with Gasteiger partial charge in [0.2, 0.25) is 0 Å². The van der Waals surface area contributed by atoms with E-state index < -0.39 is 6.17 Å². The summed E-state index contributed by atoms with van der Waals surface area (Å²) in [5.41, 5.74) is 1.87. The molecular weight excluding hydrogens is 309 g/mol. The molecule has 4 rings (SSSR count). The molecule has 4 heterocycles. The third-order valence-corrected chi connectivity index (χ3v) is 4.30. The second-order valence-corrected chi connectivity index (χ2v) is 5.91. The van der Waals surface area contributed by atoms with Crippen LogP contribution in [0.3, 0.4) is 0 Å². The van der Waals surface area contributed by atoms with Crippen molar-refractivity contribution < 1.29 is 4.39 Å². The first-order chi connectivity index (χ1) is 11.8. The van der Waals surface area contributed by atoms with E-state index in [1.54, 1.807) is 18.6 Å². The van der Waals surface area contributed by atoms with Gasteiger partial charge in [0.25, 0.3) is 0 Å². The van der Waals surface area contributed by atoms with Gasteiger partial charge in [-0.1, -0.05) is 0 Å². The Morgan fingerprint density at radius 2 is 2.25 bits per heavy atom. The van der Waals surface area contributed by atoms with Crippen molar-refractivity contribution in [3.05, 3.63) is 48.8 Å². The smallest absolute Gasteiger partial charge is 0.155 e. The Balaban J connectivity index is 1.41. The second kappa shape index (κ2) is 6.48. The predicted octanol–water partition coefficient (Wildman–Crippen LogP) is 1.23. The van der Waals surface area contributed by atoms with Crippen LogP contribution in [0.2, 0.25) is 0 Å². The molecule has 1 aliphatic heterocycles. The molecule has 0 amide bonds. The molecule has 124 valence electrons. The standard InChI is InChI=1S/C16H18FN7/c17-12-6-13(24(11-12)15-2-1-3-21-22-15)7-19-8-14-9-20-16-10-18-4-5-23(14)16/h1-5,9-10,12-13,19H,6-8,11H2/t12-,13-/m0/s1. The van der Waals surface area contributed by atoms with E-state index in [4.69, 9.17) is 0 Å². The van der Waals surface area contributed by atoms with Crippen molar-refractivity contribution in [2.24, 2.45) is 0 Å². The fourth-order valence-electron chi connectivity index (χ4n) is 3.17. The average molecular weight is 327 g/mol. The van der Waals surface area contributed by atoms with Crippen LogP contribution in [0.5, 0.6) is 0 Å². The lowest BCUT2D eigenvalue weighted by molar-refractivity contribution is 0.354. The van der Waals surface area contributed by atoms with Crippen molar-refractivity contribution in [3.8, 4) is 0 Å². The Labute approximate surface area is 138 Å². The molecule has 0 spiro atoms. The third-order valence-electron chi connectivity index (χ3n) is 4.30. The molecule has 1 saturated heterocycles. The number of aromatic nitrogens is 5. The molecule has 3 aromatic rings. The molecule has 3 aromatic heterocycles. The lowest BCUT2D eigenvalue weighted by Gasteiger charge is -2.25. The van der Waals surface area contributed by atoms with Crippen molar-refractivity contribution in [2.45, 2.75) is 25.2 Å². The van der Waals surface area contributed by atoms with E-state index in [0.29, 0.717) is 26.1 Å². The molecule has 0 unspecified atom stereocenters. The Bertz CT molecular complexity index is 806. The number of halogens is 1. The maximum absolute atomic E-state index is 13.9. The molecule has 8 heteroatoms. The summed E-state index contributed by atoms with van der Waals surface area (Å²) < 4.78 is 15.9. The number of fused-ring (bicyclic) bond motifs is 1. The van der Waals surface area contributed by atoms with E-state index in [-0.39, 0.29) is 6.04 Å². The van der Waals surface area contributed by atoms with Gasteiger partial charge in [0.1, 0.15) is 6.17 Å². The molecule has 0 saturated carbocycles. The highest BCUT2D eigenvalue weighted by Gasteiger charge is 2.32. The number of anilines is 1. The van der Waals surface area contributed by atoms with Crippen LogP contribution in [0.1, 0.15) is 12.1 Å². The summed E-state index contributed by atoms with van der Waals surface area (Å²) in [6, 6.07) is 3.76. The highest BCUT2D eigenvalue weighted by Crippen LogP contribution is 2.24. The van der Waals surface area contributed by atoms with Gasteiger partial charge in [-0.3, -0.25) is 9.38 Å². The first-order valence-electron chi connectivity index (χ1n) is 7.96. The Hall–Kier alpha value is -2.61. The quantitative estimate of drug-likeness (QED) is 0.760. The van der Waals surface area contributed by atoms with Crippen LogP contribution in [-0.4, -0.2) is 49.9 Å². The van der Waals surface area contributed by atoms with Gasteiger partial charge in [-0.15, -0.1) is 5.10 Å². The Kier molecular flexibility index (Phi) is 4.04. The van der Waals surface area contributed by atoms with Gasteiger partial charge >= 0.3 is 0 Å². The number of hydrogen-bond donors (Lipinski definition) is 1. The lowest BCUT2D eigenvalue weighted by atomic mass is 10.2. The minimum absolute atomic E-state index is 0.0672. The zero-order valence-electron chi connectivity index (χ0n) is 13.1. The van der Waals surface area contributed by atoms with E-state index in [1.165, 1.54) is 0 Å². The average Bonchev–Trinajstić information content (AvgIpc) is 3.20. The van der Waals surface area contributed by atoms with Crippen LogP contribution in [0.4, 0.5) is 10.2 Å². The number of rotatable bonds is 5. The fraction of sp³-hybridized carbons (Fsp3) is 0.375. The van der Waals surface area contributed by atoms with Crippen molar-refractivity contribution in [1.82, 2.24) is 29.9 Å². The first kappa shape index (κ1) is 14.9. The van der Waals surface area contributed by atoms with Gasteiger partial charge in [0, 0.05) is 44.1 Å². The highest BCUT2D eigenvalue weighted by atomic mass is 19.1. The van der Waals surface area contributed by atoms with E-state index in [2.05, 4.69) is 25.5 Å². The van der Waals surface area contributed by atoms with Crippen LogP contribution in [0.15, 0.2) is 43.1 Å². The zero-order chi connectivity index (χ0) is 16.4. The van der Waals surface area contributed by atoms with Crippen LogP contribution in [-0.2, 0) is 6.54 Å². The van der Waals surface area contributed by atoms with Crippen molar-refractivity contribution in [3.63, 3.8) is 0 Å². The van der Waals surface area contributed by atoms with E-state index in [1.807, 2.05) is 33.8 Å². The van der Waals surface area contributed by atoms with Gasteiger partial charge in [-0.25, -0.2) is 9.37 Å². The fourth-order valence-corrected chi connectivity index (χ4v) is 3.17. The number of hydrogen-bond acceptors (Lipinski definition) is 6. The summed E-state index contributed by atoms with van der Waals surface area (Å²) >= 11 is 0. The zero-order valence-corrected chi connectivity index (χ0v) is 13.1. The third kappa shape index (κ3) is 2.92. The molecule has 1 N–H and O–H groups in total. The summed E-state index contributed by atoms with van der Waals surface area (Å²) in [6.45, 7) is 1.70. The maximum Gasteiger partial charge on any atom is 0.155 e. The molecule has 0 bridgehead atoms. The first-order valence-corrected chi connectivity index (χ1v) is 7.96. The molecule has 0 aromatic carbocycles. The molecular formula is C16H18FN7. The van der Waals surface area contributed by atoms with E-state index in [9.17, 15) is 4.39 Å². The van der Waals surface area contributed by atoms with Crippen molar-refractivity contribution in [2.75, 3.05) is 18.0 Å². The molecule has 2 atom stereocenters. The number of nitrogens with one attached hydrogen (secondary N) is 1. The summed E-state index contributed by atoms with van der Waals surface area (Å²) in [7, 11) is 0. The molecule has 1 aliphatic rings. The van der Waals surface area contributed by atoms with E-state index in [0.717, 1.165) is 17.2 Å². The minimum Gasteiger partial charge on any atom is -0.348 e. The largest absolute Gasteiger partial charge is 0.348 e. The monoisotopic (exact) mass is 327 g/mol. The Morgan fingerprint density at radius 1 is 1.29 bits per heavy atom. The Morgan fingerprint density at radius 3 is 3.12 bits per heavy atom.